The molecule has 0 rings (SSSR count). The van der Waals surface area contributed by atoms with E-state index >= 15 is 0 Å². The molecule has 4 nitrogen and oxygen atoms in total. The van der Waals surface area contributed by atoms with Gasteiger partial charge in [0.25, 0.3) is 0 Å². The van der Waals surface area contributed by atoms with E-state index in [0.717, 1.165) is 19.6 Å². The maximum absolute atomic E-state index is 5.91. The maximum Gasteiger partial charge on any atom is 0.335 e. The minimum Gasteiger partial charge on any atom is -0.393 e. The highest BCUT2D eigenvalue weighted by molar-refractivity contribution is 6.46. The fourth-order valence-corrected chi connectivity index (χ4v) is 3.23. The average molecular weight is 261 g/mol. The van der Waals surface area contributed by atoms with Crippen molar-refractivity contribution in [3.8, 4) is 0 Å². The molecule has 0 bridgehead atoms. The Kier molecular flexibility index (Phi) is 10.1. The van der Waals surface area contributed by atoms with Crippen LogP contribution in [0.25, 0.3) is 0 Å². The van der Waals surface area contributed by atoms with Crippen molar-refractivity contribution >= 4 is 9.36 Å². The summed E-state index contributed by atoms with van der Waals surface area (Å²) in [5.74, 6) is 0. The van der Waals surface area contributed by atoms with E-state index in [4.69, 9.17) is 4.43 Å². The summed E-state index contributed by atoms with van der Waals surface area (Å²) in [6.07, 6.45) is 1.16. The Morgan fingerprint density at radius 3 is 1.94 bits per heavy atom. The summed E-state index contributed by atoms with van der Waals surface area (Å²) < 4.78 is 5.91. The Hall–Kier alpha value is 0.0569. The second-order valence-corrected chi connectivity index (χ2v) is 6.92. The van der Waals surface area contributed by atoms with Crippen LogP contribution in [0.4, 0.5) is 0 Å². The highest BCUT2D eigenvalue weighted by atomic mass is 28.3. The molecule has 0 aliphatic rings. The Labute approximate surface area is 109 Å². The monoisotopic (exact) mass is 261 g/mol. The van der Waals surface area contributed by atoms with Gasteiger partial charge in [-0.05, 0) is 25.4 Å². The molecule has 17 heavy (non-hydrogen) atoms. The first-order chi connectivity index (χ1) is 7.95. The molecule has 0 aliphatic carbocycles. The fraction of sp³-hybridized carbons (Fsp3) is 1.00. The zero-order valence-corrected chi connectivity index (χ0v) is 13.5. The van der Waals surface area contributed by atoms with Crippen molar-refractivity contribution in [3.05, 3.63) is 0 Å². The summed E-state index contributed by atoms with van der Waals surface area (Å²) in [5.41, 5.74) is 0. The number of nitrogens with one attached hydrogen (secondary N) is 3. The zero-order chi connectivity index (χ0) is 13.3. The lowest BCUT2D eigenvalue weighted by Crippen LogP contribution is -2.55. The van der Waals surface area contributed by atoms with Gasteiger partial charge in [0.15, 0.2) is 0 Å². The number of hydrogen-bond donors (Lipinski definition) is 3. The minimum atomic E-state index is -1.46. The third-order valence-corrected chi connectivity index (χ3v) is 4.97. The summed E-state index contributed by atoms with van der Waals surface area (Å²) in [6.45, 7) is 14.7. The lowest BCUT2D eigenvalue weighted by molar-refractivity contribution is 0.286. The van der Waals surface area contributed by atoms with E-state index < -0.39 is 9.36 Å². The average Bonchev–Trinajstić information content (AvgIpc) is 2.22. The molecule has 3 N–H and O–H groups in total. The summed E-state index contributed by atoms with van der Waals surface area (Å²) in [4.78, 5) is 6.98. The predicted molar refractivity (Wildman–Crippen MR) is 77.4 cm³/mol. The van der Waals surface area contributed by atoms with Crippen LogP contribution in [-0.2, 0) is 4.43 Å². The normalized spacial score (nSPS) is 13.9. The van der Waals surface area contributed by atoms with Crippen LogP contribution in [0.5, 0.6) is 0 Å². The van der Waals surface area contributed by atoms with Gasteiger partial charge < -0.3 is 19.7 Å². The van der Waals surface area contributed by atoms with Gasteiger partial charge in [0.2, 0.25) is 0 Å². The molecule has 1 atom stereocenters. The number of rotatable bonds is 10. The minimum absolute atomic E-state index is 0.473. The molecule has 0 fully saturated rings. The summed E-state index contributed by atoms with van der Waals surface area (Å²) in [5, 5.41) is 3.44. The molecule has 1 unspecified atom stereocenters. The molecule has 0 radical (unpaired) electrons. The molecule has 0 spiro atoms. The van der Waals surface area contributed by atoms with Gasteiger partial charge in [-0.1, -0.05) is 34.6 Å². The molecule has 0 aromatic heterocycles. The van der Waals surface area contributed by atoms with E-state index in [2.05, 4.69) is 56.8 Å². The van der Waals surface area contributed by atoms with Crippen LogP contribution in [-0.4, -0.2) is 40.6 Å². The third kappa shape index (κ3) is 10.9. The molecule has 104 valence electrons. The molecule has 5 heteroatoms. The van der Waals surface area contributed by atoms with E-state index in [1.165, 1.54) is 0 Å². The quantitative estimate of drug-likeness (QED) is 0.407. The van der Waals surface area contributed by atoms with Gasteiger partial charge in [-0.2, -0.15) is 0 Å². The smallest absolute Gasteiger partial charge is 0.335 e. The topological polar surface area (TPSA) is 45.3 Å². The molecule has 0 saturated heterocycles. The largest absolute Gasteiger partial charge is 0.393 e. The Morgan fingerprint density at radius 2 is 1.53 bits per heavy atom. The van der Waals surface area contributed by atoms with E-state index in [-0.39, 0.29) is 0 Å². The molecule has 0 aromatic rings. The van der Waals surface area contributed by atoms with E-state index in [1.54, 1.807) is 0 Å². The lowest BCUT2D eigenvalue weighted by atomic mass is 10.3. The van der Waals surface area contributed by atoms with E-state index in [1.807, 2.05) is 0 Å². The molecule has 0 aromatic carbocycles. The molecule has 0 saturated carbocycles. The van der Waals surface area contributed by atoms with Gasteiger partial charge in [0, 0.05) is 19.2 Å². The van der Waals surface area contributed by atoms with Crippen molar-refractivity contribution in [2.24, 2.45) is 0 Å². The van der Waals surface area contributed by atoms with Crippen LogP contribution >= 0.6 is 0 Å². The second-order valence-electron chi connectivity index (χ2n) is 5.16. The highest BCUT2D eigenvalue weighted by Crippen LogP contribution is 1.89. The molecular formula is C12H31N3OSi. The third-order valence-electron chi connectivity index (χ3n) is 2.46. The van der Waals surface area contributed by atoms with Gasteiger partial charge in [-0.15, -0.1) is 0 Å². The number of hydrogen-bond acceptors (Lipinski definition) is 4. The van der Waals surface area contributed by atoms with Crippen molar-refractivity contribution in [3.63, 3.8) is 0 Å². The predicted octanol–water partition coefficient (Wildman–Crippen LogP) is 1.10. The van der Waals surface area contributed by atoms with Crippen molar-refractivity contribution in [1.82, 2.24) is 15.3 Å². The fourth-order valence-electron chi connectivity index (χ4n) is 1.38. The summed E-state index contributed by atoms with van der Waals surface area (Å²) in [7, 11) is -1.46. The first-order valence-corrected chi connectivity index (χ1v) is 8.45. The van der Waals surface area contributed by atoms with Crippen LogP contribution in [0.3, 0.4) is 0 Å². The Morgan fingerprint density at radius 1 is 1.00 bits per heavy atom. The first-order valence-electron chi connectivity index (χ1n) is 6.82. The van der Waals surface area contributed by atoms with Crippen molar-refractivity contribution in [1.29, 1.82) is 0 Å². The first kappa shape index (κ1) is 17.1. The van der Waals surface area contributed by atoms with Crippen LogP contribution in [0.1, 0.15) is 48.0 Å². The van der Waals surface area contributed by atoms with Crippen LogP contribution in [0.2, 0.25) is 0 Å². The molecule has 0 aliphatic heterocycles. The van der Waals surface area contributed by atoms with Gasteiger partial charge in [0.05, 0.1) is 0 Å². The van der Waals surface area contributed by atoms with Gasteiger partial charge in [-0.25, -0.2) is 0 Å². The van der Waals surface area contributed by atoms with Gasteiger partial charge in [-0.3, -0.25) is 0 Å². The van der Waals surface area contributed by atoms with E-state index in [9.17, 15) is 0 Å². The highest BCUT2D eigenvalue weighted by Gasteiger charge is 2.14. The zero-order valence-electron chi connectivity index (χ0n) is 12.3. The van der Waals surface area contributed by atoms with Gasteiger partial charge in [0.1, 0.15) is 0 Å². The molecule has 0 heterocycles. The van der Waals surface area contributed by atoms with Gasteiger partial charge >= 0.3 is 9.36 Å². The lowest BCUT2D eigenvalue weighted by Gasteiger charge is -2.23. The van der Waals surface area contributed by atoms with Crippen molar-refractivity contribution in [2.75, 3.05) is 13.2 Å². The maximum atomic E-state index is 5.91. The Bertz CT molecular complexity index is 169. The molecule has 0 amide bonds. The SMILES string of the molecule is CCC(C)NCCO[SiH](NC(C)C)NC(C)C. The molecular weight excluding hydrogens is 230 g/mol. The van der Waals surface area contributed by atoms with Crippen molar-refractivity contribution < 1.29 is 4.43 Å². The van der Waals surface area contributed by atoms with Crippen LogP contribution < -0.4 is 15.3 Å². The van der Waals surface area contributed by atoms with Crippen LogP contribution in [0, 0.1) is 0 Å². The standard InChI is InChI=1S/C12H31N3OSi/c1-7-12(6)13-8-9-16-17(14-10(2)3)15-11(4)5/h10-15,17H,7-9H2,1-6H3. The Balaban J connectivity index is 3.75. The van der Waals surface area contributed by atoms with E-state index in [0.29, 0.717) is 18.1 Å². The summed E-state index contributed by atoms with van der Waals surface area (Å²) >= 11 is 0. The van der Waals surface area contributed by atoms with Crippen LogP contribution in [0.15, 0.2) is 0 Å². The summed E-state index contributed by atoms with van der Waals surface area (Å²) in [6, 6.07) is 1.52. The van der Waals surface area contributed by atoms with Crippen molar-refractivity contribution in [2.45, 2.75) is 66.1 Å². The second kappa shape index (κ2) is 10.0.